The summed E-state index contributed by atoms with van der Waals surface area (Å²) in [5.74, 6) is -1.70. The summed E-state index contributed by atoms with van der Waals surface area (Å²) in [6.45, 7) is -0.139. The summed E-state index contributed by atoms with van der Waals surface area (Å²) in [6, 6.07) is 5.40. The summed E-state index contributed by atoms with van der Waals surface area (Å²) in [5.41, 5.74) is 18.3. The lowest BCUT2D eigenvalue weighted by Gasteiger charge is -2.05. The molecule has 0 amide bonds. The highest BCUT2D eigenvalue weighted by Gasteiger charge is 2.11. The lowest BCUT2D eigenvalue weighted by atomic mass is 10.2. The van der Waals surface area contributed by atoms with Gasteiger partial charge in [-0.2, -0.15) is 0 Å². The highest BCUT2D eigenvalue weighted by atomic mass is 19.2. The van der Waals surface area contributed by atoms with E-state index in [1.165, 1.54) is 30.7 Å². The molecule has 0 aliphatic heterocycles. The van der Waals surface area contributed by atoms with Crippen molar-refractivity contribution in [3.05, 3.63) is 71.5 Å². The van der Waals surface area contributed by atoms with Gasteiger partial charge in [0.15, 0.2) is 23.3 Å². The van der Waals surface area contributed by atoms with Crippen molar-refractivity contribution in [1.29, 1.82) is 0 Å². The zero-order valence-corrected chi connectivity index (χ0v) is 13.9. The number of anilines is 2. The van der Waals surface area contributed by atoms with Crippen molar-refractivity contribution < 1.29 is 13.3 Å². The summed E-state index contributed by atoms with van der Waals surface area (Å²) in [5, 5.41) is 3.79. The fourth-order valence-electron chi connectivity index (χ4n) is 2.14. The summed E-state index contributed by atoms with van der Waals surface area (Å²) in [4.78, 5) is 12.3. The Kier molecular flexibility index (Phi) is 5.06. The summed E-state index contributed by atoms with van der Waals surface area (Å²) < 4.78 is 32.0. The second-order valence-electron chi connectivity index (χ2n) is 5.43. The van der Waals surface area contributed by atoms with Gasteiger partial charge in [0.2, 0.25) is 0 Å². The molecule has 0 fully saturated rings. The van der Waals surface area contributed by atoms with Gasteiger partial charge in [0.05, 0.1) is 29.8 Å². The van der Waals surface area contributed by atoms with E-state index in [9.17, 15) is 8.78 Å². The first-order valence-corrected chi connectivity index (χ1v) is 7.69. The Bertz CT molecular complexity index is 1020. The number of allylic oxidation sites excluding steroid dienone is 1. The molecule has 8 nitrogen and oxygen atoms in total. The number of benzene rings is 1. The van der Waals surface area contributed by atoms with Gasteiger partial charge in [-0.25, -0.2) is 18.7 Å². The molecule has 0 radical (unpaired) electrons. The average molecular weight is 371 g/mol. The van der Waals surface area contributed by atoms with E-state index in [2.05, 4.69) is 20.1 Å². The van der Waals surface area contributed by atoms with E-state index in [1.807, 2.05) is 0 Å². The van der Waals surface area contributed by atoms with Crippen molar-refractivity contribution in [3.63, 3.8) is 0 Å². The van der Waals surface area contributed by atoms with E-state index in [-0.39, 0.29) is 40.8 Å². The van der Waals surface area contributed by atoms with Crippen LogP contribution in [0.2, 0.25) is 0 Å². The number of halogens is 2. The predicted octanol–water partition coefficient (Wildman–Crippen LogP) is 1.90. The van der Waals surface area contributed by atoms with Crippen molar-refractivity contribution >= 4 is 22.9 Å². The number of aliphatic imine (C=N–C) groups is 1. The standard InChI is InChI=1S/C17H15F2N7O/c18-10-3-1-2-9(15(10)19)7-23-14(13-4-5-27-26-13)6-11(20)17-24-8-12(21)16(22)25-17/h1-6,8H,7,20-21H2,(H2,22,24,25)/b11-6-,23-14?. The van der Waals surface area contributed by atoms with Crippen LogP contribution in [0.25, 0.3) is 5.70 Å². The molecule has 0 atom stereocenters. The maximum atomic E-state index is 13.8. The van der Waals surface area contributed by atoms with E-state index >= 15 is 0 Å². The molecule has 3 rings (SSSR count). The Balaban J connectivity index is 1.96. The number of nitrogens with zero attached hydrogens (tertiary/aromatic N) is 4. The van der Waals surface area contributed by atoms with Gasteiger partial charge < -0.3 is 21.7 Å². The lowest BCUT2D eigenvalue weighted by Crippen LogP contribution is -2.10. The highest BCUT2D eigenvalue weighted by Crippen LogP contribution is 2.15. The van der Waals surface area contributed by atoms with Crippen LogP contribution in [0.15, 0.2) is 52.3 Å². The summed E-state index contributed by atoms with van der Waals surface area (Å²) in [6.07, 6.45) is 4.10. The molecule has 1 aromatic carbocycles. The molecule has 6 N–H and O–H groups in total. The molecule has 0 aliphatic carbocycles. The maximum Gasteiger partial charge on any atom is 0.177 e. The third-order valence-electron chi connectivity index (χ3n) is 3.55. The van der Waals surface area contributed by atoms with E-state index < -0.39 is 11.6 Å². The lowest BCUT2D eigenvalue weighted by molar-refractivity contribution is 0.418. The monoisotopic (exact) mass is 371 g/mol. The van der Waals surface area contributed by atoms with Gasteiger partial charge in [-0.1, -0.05) is 17.3 Å². The Morgan fingerprint density at radius 1 is 1.22 bits per heavy atom. The smallest absolute Gasteiger partial charge is 0.177 e. The normalized spacial score (nSPS) is 12.4. The summed E-state index contributed by atoms with van der Waals surface area (Å²) in [7, 11) is 0. The minimum absolute atomic E-state index is 0.0796. The second kappa shape index (κ2) is 7.60. The number of rotatable bonds is 5. The zero-order valence-electron chi connectivity index (χ0n) is 13.9. The van der Waals surface area contributed by atoms with Gasteiger partial charge in [-0.3, -0.25) is 4.99 Å². The Morgan fingerprint density at radius 2 is 2.04 bits per heavy atom. The minimum Gasteiger partial charge on any atom is -0.396 e. The molecular weight excluding hydrogens is 356 g/mol. The molecule has 2 heterocycles. The molecular formula is C17H15F2N7O. The Labute approximate surface area is 152 Å². The van der Waals surface area contributed by atoms with Gasteiger partial charge in [-0.15, -0.1) is 0 Å². The van der Waals surface area contributed by atoms with Gasteiger partial charge in [0.25, 0.3) is 0 Å². The fourth-order valence-corrected chi connectivity index (χ4v) is 2.14. The van der Waals surface area contributed by atoms with E-state index in [0.717, 1.165) is 6.07 Å². The fraction of sp³-hybridized carbons (Fsp3) is 0.0588. The van der Waals surface area contributed by atoms with Crippen molar-refractivity contribution in [2.45, 2.75) is 6.54 Å². The third-order valence-corrected chi connectivity index (χ3v) is 3.55. The first-order valence-electron chi connectivity index (χ1n) is 7.69. The van der Waals surface area contributed by atoms with Crippen LogP contribution in [0.1, 0.15) is 17.1 Å². The number of hydrogen-bond acceptors (Lipinski definition) is 8. The van der Waals surface area contributed by atoms with Crippen LogP contribution in [0.4, 0.5) is 20.3 Å². The molecule has 138 valence electrons. The first-order chi connectivity index (χ1) is 13.0. The van der Waals surface area contributed by atoms with Crippen LogP contribution in [0, 0.1) is 11.6 Å². The Morgan fingerprint density at radius 3 is 2.74 bits per heavy atom. The SMILES string of the molecule is N/C(=C\C(=NCc1cccc(F)c1F)c1ccon1)c1ncc(N)c(N)n1. The number of hydrogen-bond donors (Lipinski definition) is 3. The largest absolute Gasteiger partial charge is 0.396 e. The molecule has 2 aromatic heterocycles. The number of nitrogen functional groups attached to an aromatic ring is 2. The Hall–Kier alpha value is -3.82. The maximum absolute atomic E-state index is 13.8. The minimum atomic E-state index is -0.965. The molecule has 0 spiro atoms. The zero-order chi connectivity index (χ0) is 19.4. The predicted molar refractivity (Wildman–Crippen MR) is 96.1 cm³/mol. The molecule has 0 bridgehead atoms. The van der Waals surface area contributed by atoms with E-state index in [1.54, 1.807) is 6.07 Å². The third kappa shape index (κ3) is 4.06. The van der Waals surface area contributed by atoms with Crippen LogP contribution in [0.3, 0.4) is 0 Å². The van der Waals surface area contributed by atoms with Crippen molar-refractivity contribution in [2.24, 2.45) is 10.7 Å². The molecule has 0 saturated heterocycles. The molecule has 0 unspecified atom stereocenters. The van der Waals surface area contributed by atoms with Crippen LogP contribution in [-0.2, 0) is 6.54 Å². The molecule has 27 heavy (non-hydrogen) atoms. The molecule has 10 heteroatoms. The van der Waals surface area contributed by atoms with Crippen LogP contribution in [-0.4, -0.2) is 20.8 Å². The van der Waals surface area contributed by atoms with Crippen molar-refractivity contribution in [2.75, 3.05) is 11.5 Å². The molecule has 0 aliphatic rings. The number of aromatic nitrogens is 3. The van der Waals surface area contributed by atoms with Gasteiger partial charge in [0.1, 0.15) is 12.0 Å². The summed E-state index contributed by atoms with van der Waals surface area (Å²) >= 11 is 0. The van der Waals surface area contributed by atoms with Gasteiger partial charge in [-0.05, 0) is 12.1 Å². The topological polar surface area (TPSA) is 142 Å². The van der Waals surface area contributed by atoms with E-state index in [4.69, 9.17) is 21.7 Å². The second-order valence-corrected chi connectivity index (χ2v) is 5.43. The van der Waals surface area contributed by atoms with Crippen molar-refractivity contribution in [1.82, 2.24) is 15.1 Å². The van der Waals surface area contributed by atoms with E-state index in [0.29, 0.717) is 5.69 Å². The van der Waals surface area contributed by atoms with Crippen molar-refractivity contribution in [3.8, 4) is 0 Å². The molecule has 0 saturated carbocycles. The number of nitrogens with two attached hydrogens (primary N) is 3. The van der Waals surface area contributed by atoms with Gasteiger partial charge >= 0.3 is 0 Å². The van der Waals surface area contributed by atoms with Gasteiger partial charge in [0, 0.05) is 11.6 Å². The average Bonchev–Trinajstić information content (AvgIpc) is 3.18. The van der Waals surface area contributed by atoms with Crippen LogP contribution in [0.5, 0.6) is 0 Å². The highest BCUT2D eigenvalue weighted by molar-refractivity contribution is 6.10. The molecule has 3 aromatic rings. The van der Waals surface area contributed by atoms with Crippen LogP contribution < -0.4 is 17.2 Å². The van der Waals surface area contributed by atoms with Crippen LogP contribution >= 0.6 is 0 Å². The first kappa shape index (κ1) is 18.0. The quantitative estimate of drug-likeness (QED) is 0.581.